The van der Waals surface area contributed by atoms with Crippen molar-refractivity contribution < 1.29 is 4.79 Å². The number of thiophene rings is 1. The summed E-state index contributed by atoms with van der Waals surface area (Å²) in [5.41, 5.74) is 2.95. The quantitative estimate of drug-likeness (QED) is 0.448. The van der Waals surface area contributed by atoms with Crippen LogP contribution in [0.5, 0.6) is 0 Å². The van der Waals surface area contributed by atoms with Gasteiger partial charge >= 0.3 is 0 Å². The number of amides is 1. The highest BCUT2D eigenvalue weighted by Gasteiger charge is 2.21. The molecule has 1 amide bonds. The fourth-order valence-electron chi connectivity index (χ4n) is 3.88. The Morgan fingerprint density at radius 2 is 2.23 bits per heavy atom. The number of fused-ring (bicyclic) bond motifs is 3. The van der Waals surface area contributed by atoms with Gasteiger partial charge in [-0.2, -0.15) is 5.10 Å². The number of thioether (sulfide) groups is 1. The van der Waals surface area contributed by atoms with Crippen molar-refractivity contribution in [1.82, 2.24) is 19.7 Å². The van der Waals surface area contributed by atoms with Crippen molar-refractivity contribution in [1.29, 1.82) is 0 Å². The van der Waals surface area contributed by atoms with Gasteiger partial charge in [-0.25, -0.2) is 4.98 Å². The van der Waals surface area contributed by atoms with Gasteiger partial charge in [-0.1, -0.05) is 12.1 Å². The number of nitrogens with zero attached hydrogens (tertiary/aromatic N) is 3. The first-order valence-corrected chi connectivity index (χ1v) is 12.1. The van der Waals surface area contributed by atoms with Crippen molar-refractivity contribution in [2.75, 3.05) is 11.1 Å². The molecule has 0 spiro atoms. The number of aromatic nitrogens is 4. The molecule has 2 N–H and O–H groups in total. The van der Waals surface area contributed by atoms with Gasteiger partial charge in [0.15, 0.2) is 0 Å². The number of nitrogens with one attached hydrogen (secondary N) is 2. The minimum absolute atomic E-state index is 0.0570. The first kappa shape index (κ1) is 20.0. The third-order valence-corrected chi connectivity index (χ3v) is 7.34. The van der Waals surface area contributed by atoms with Crippen molar-refractivity contribution in [2.45, 2.75) is 31.6 Å². The summed E-state index contributed by atoms with van der Waals surface area (Å²) in [4.78, 5) is 34.5. The lowest BCUT2D eigenvalue weighted by Crippen LogP contribution is -2.15. The second-order valence-electron chi connectivity index (χ2n) is 7.50. The Morgan fingerprint density at radius 3 is 3.10 bits per heavy atom. The summed E-state index contributed by atoms with van der Waals surface area (Å²) in [5, 5.41) is 7.90. The number of hydrogen-bond acceptors (Lipinski definition) is 6. The normalized spacial score (nSPS) is 12.9. The third kappa shape index (κ3) is 4.42. The molecule has 1 aliphatic carbocycles. The molecule has 0 radical (unpaired) electrons. The van der Waals surface area contributed by atoms with Gasteiger partial charge in [0.25, 0.3) is 5.56 Å². The summed E-state index contributed by atoms with van der Waals surface area (Å²) in [6, 6.07) is 9.63. The van der Waals surface area contributed by atoms with Crippen LogP contribution in [0.4, 0.5) is 5.69 Å². The molecular weight excluding hydrogens is 430 g/mol. The maximum absolute atomic E-state index is 12.5. The van der Waals surface area contributed by atoms with Crippen molar-refractivity contribution in [3.63, 3.8) is 0 Å². The molecule has 0 fully saturated rings. The molecule has 7 nitrogen and oxygen atoms in total. The molecule has 0 bridgehead atoms. The molecule has 0 saturated heterocycles. The molecule has 4 aromatic rings. The van der Waals surface area contributed by atoms with E-state index < -0.39 is 0 Å². The van der Waals surface area contributed by atoms with Gasteiger partial charge in [-0.3, -0.25) is 14.3 Å². The van der Waals surface area contributed by atoms with Gasteiger partial charge in [0, 0.05) is 23.0 Å². The average Bonchev–Trinajstić information content (AvgIpc) is 3.46. The Bertz CT molecular complexity index is 1290. The number of aromatic amines is 1. The van der Waals surface area contributed by atoms with Crippen LogP contribution in [0.1, 0.15) is 28.2 Å². The van der Waals surface area contributed by atoms with Crippen LogP contribution in [0.15, 0.2) is 47.5 Å². The second-order valence-corrected chi connectivity index (χ2v) is 9.56. The largest absolute Gasteiger partial charge is 0.325 e. The van der Waals surface area contributed by atoms with Crippen molar-refractivity contribution in [3.8, 4) is 0 Å². The van der Waals surface area contributed by atoms with E-state index in [2.05, 4.69) is 20.4 Å². The van der Waals surface area contributed by atoms with Gasteiger partial charge in [-0.15, -0.1) is 23.1 Å². The van der Waals surface area contributed by atoms with Gasteiger partial charge < -0.3 is 10.3 Å². The van der Waals surface area contributed by atoms with E-state index >= 15 is 0 Å². The van der Waals surface area contributed by atoms with Crippen molar-refractivity contribution in [3.05, 3.63) is 74.9 Å². The van der Waals surface area contributed by atoms with Crippen LogP contribution in [0, 0.1) is 0 Å². The second kappa shape index (κ2) is 8.68. The molecule has 0 saturated carbocycles. The molecule has 31 heavy (non-hydrogen) atoms. The van der Waals surface area contributed by atoms with E-state index in [1.165, 1.54) is 22.2 Å². The number of benzene rings is 1. The average molecular weight is 452 g/mol. The van der Waals surface area contributed by atoms with Gasteiger partial charge in [0.1, 0.15) is 10.7 Å². The SMILES string of the molecule is O=C(CSCc1nc2sc3c(c2c(=O)[nH]1)CCC3)Nc1cccc(Cn2cccn2)c1. The molecule has 1 aliphatic rings. The number of anilines is 1. The number of carbonyl (C=O) groups excluding carboxylic acids is 1. The van der Waals surface area contributed by atoms with Crippen LogP contribution < -0.4 is 10.9 Å². The molecule has 0 atom stereocenters. The van der Waals surface area contributed by atoms with Crippen LogP contribution in [0.3, 0.4) is 0 Å². The fraction of sp³-hybridized carbons (Fsp3) is 0.273. The lowest BCUT2D eigenvalue weighted by atomic mass is 10.2. The molecule has 3 aromatic heterocycles. The molecular formula is C22H21N5O2S2. The Kier molecular flexibility index (Phi) is 5.61. The highest BCUT2D eigenvalue weighted by molar-refractivity contribution is 7.99. The van der Waals surface area contributed by atoms with E-state index in [0.29, 0.717) is 18.1 Å². The van der Waals surface area contributed by atoms with Crippen LogP contribution >= 0.6 is 23.1 Å². The van der Waals surface area contributed by atoms with E-state index in [1.807, 2.05) is 41.2 Å². The summed E-state index contributed by atoms with van der Waals surface area (Å²) in [6.07, 6.45) is 6.78. The van der Waals surface area contributed by atoms with Crippen LogP contribution in [-0.4, -0.2) is 31.4 Å². The summed E-state index contributed by atoms with van der Waals surface area (Å²) in [6.45, 7) is 0.652. The highest BCUT2D eigenvalue weighted by atomic mass is 32.2. The zero-order valence-electron chi connectivity index (χ0n) is 16.8. The zero-order chi connectivity index (χ0) is 21.2. The number of hydrogen-bond donors (Lipinski definition) is 2. The van der Waals surface area contributed by atoms with Crippen LogP contribution in [0.2, 0.25) is 0 Å². The minimum atomic E-state index is -0.0836. The van der Waals surface area contributed by atoms with E-state index in [9.17, 15) is 9.59 Å². The Balaban J connectivity index is 1.17. The molecule has 3 heterocycles. The van der Waals surface area contributed by atoms with Crippen molar-refractivity contribution in [2.24, 2.45) is 0 Å². The number of H-pyrrole nitrogens is 1. The number of carbonyl (C=O) groups is 1. The molecule has 0 unspecified atom stereocenters. The summed E-state index contributed by atoms with van der Waals surface area (Å²) in [5.74, 6) is 1.31. The van der Waals surface area contributed by atoms with Gasteiger partial charge in [0.05, 0.1) is 23.4 Å². The molecule has 5 rings (SSSR count). The third-order valence-electron chi connectivity index (χ3n) is 5.21. The van der Waals surface area contributed by atoms with Crippen LogP contribution in [-0.2, 0) is 29.9 Å². The molecule has 158 valence electrons. The Labute approximate surface area is 186 Å². The first-order valence-electron chi connectivity index (χ1n) is 10.1. The monoisotopic (exact) mass is 451 g/mol. The van der Waals surface area contributed by atoms with E-state index in [0.717, 1.165) is 40.7 Å². The Morgan fingerprint density at radius 1 is 1.29 bits per heavy atom. The smallest absolute Gasteiger partial charge is 0.259 e. The topological polar surface area (TPSA) is 92.7 Å². The zero-order valence-corrected chi connectivity index (χ0v) is 18.4. The molecule has 9 heteroatoms. The van der Waals surface area contributed by atoms with E-state index in [1.54, 1.807) is 17.5 Å². The fourth-order valence-corrected chi connectivity index (χ4v) is 5.85. The van der Waals surface area contributed by atoms with Crippen molar-refractivity contribution >= 4 is 44.9 Å². The van der Waals surface area contributed by atoms with E-state index in [4.69, 9.17) is 0 Å². The minimum Gasteiger partial charge on any atom is -0.325 e. The first-order chi connectivity index (χ1) is 15.2. The maximum Gasteiger partial charge on any atom is 0.259 e. The van der Waals surface area contributed by atoms with Crippen LogP contribution in [0.25, 0.3) is 10.2 Å². The van der Waals surface area contributed by atoms with Gasteiger partial charge in [0.2, 0.25) is 5.91 Å². The lowest BCUT2D eigenvalue weighted by molar-refractivity contribution is -0.113. The molecule has 1 aromatic carbocycles. The number of rotatable bonds is 7. The predicted octanol–water partition coefficient (Wildman–Crippen LogP) is 3.59. The lowest BCUT2D eigenvalue weighted by Gasteiger charge is -2.08. The molecule has 0 aliphatic heterocycles. The maximum atomic E-state index is 12.5. The van der Waals surface area contributed by atoms with E-state index in [-0.39, 0.29) is 17.2 Å². The summed E-state index contributed by atoms with van der Waals surface area (Å²) in [7, 11) is 0. The Hall–Kier alpha value is -2.91. The standard InChI is InChI=1S/C22H21N5O2S2/c28-19(24-15-5-1-4-14(10-15)11-27-9-3-8-23-27)13-30-12-18-25-21(29)20-16-6-2-7-17(16)31-22(20)26-18/h1,3-5,8-10H,2,6-7,11-13H2,(H,24,28)(H,25,26,29). The summed E-state index contributed by atoms with van der Waals surface area (Å²) < 4.78 is 1.84. The number of aryl methyl sites for hydroxylation is 2. The summed E-state index contributed by atoms with van der Waals surface area (Å²) >= 11 is 3.07. The predicted molar refractivity (Wildman–Crippen MR) is 125 cm³/mol. The highest BCUT2D eigenvalue weighted by Crippen LogP contribution is 2.34. The van der Waals surface area contributed by atoms with Gasteiger partial charge in [-0.05, 0) is 48.6 Å².